The monoisotopic (exact) mass is 390 g/mol. The van der Waals surface area contributed by atoms with E-state index in [0.717, 1.165) is 38.0 Å². The van der Waals surface area contributed by atoms with Crippen molar-refractivity contribution in [3.8, 4) is 5.75 Å². The molecule has 1 aromatic carbocycles. The van der Waals surface area contributed by atoms with Crippen molar-refractivity contribution in [1.29, 1.82) is 0 Å². The molecular formula is C25H42O3. The van der Waals surface area contributed by atoms with Gasteiger partial charge in [-0.1, -0.05) is 89.7 Å². The van der Waals surface area contributed by atoms with Crippen molar-refractivity contribution in [3.05, 3.63) is 29.8 Å². The van der Waals surface area contributed by atoms with Crippen molar-refractivity contribution >= 4 is 5.97 Å². The number of carbonyl (C=O) groups is 1. The second kappa shape index (κ2) is 17.6. The number of carboxylic acids is 1. The van der Waals surface area contributed by atoms with Crippen LogP contribution in [-0.2, 0) is 11.2 Å². The zero-order chi connectivity index (χ0) is 20.3. The van der Waals surface area contributed by atoms with Crippen LogP contribution in [0.1, 0.15) is 109 Å². The third-order valence-corrected chi connectivity index (χ3v) is 5.30. The molecule has 0 aliphatic heterocycles. The summed E-state index contributed by atoms with van der Waals surface area (Å²) < 4.78 is 5.83. The number of hydrogen-bond acceptors (Lipinski definition) is 2. The van der Waals surface area contributed by atoms with Crippen LogP contribution in [0.15, 0.2) is 24.3 Å². The molecule has 1 N–H and O–H groups in total. The molecule has 1 aromatic rings. The largest absolute Gasteiger partial charge is 0.494 e. The highest BCUT2D eigenvalue weighted by atomic mass is 16.5. The molecule has 160 valence electrons. The molecule has 0 atom stereocenters. The molecule has 0 aliphatic carbocycles. The Bertz CT molecular complexity index is 481. The topological polar surface area (TPSA) is 46.5 Å². The van der Waals surface area contributed by atoms with E-state index in [1.165, 1.54) is 76.2 Å². The first-order chi connectivity index (χ1) is 13.7. The summed E-state index contributed by atoms with van der Waals surface area (Å²) in [5.41, 5.74) is 1.25. The Hall–Kier alpha value is -1.51. The van der Waals surface area contributed by atoms with Crippen LogP contribution in [-0.4, -0.2) is 17.7 Å². The smallest absolute Gasteiger partial charge is 0.303 e. The summed E-state index contributed by atoms with van der Waals surface area (Å²) in [6.07, 6.45) is 19.2. The van der Waals surface area contributed by atoms with Crippen LogP contribution in [0.2, 0.25) is 0 Å². The van der Waals surface area contributed by atoms with E-state index in [9.17, 15) is 4.79 Å². The van der Waals surface area contributed by atoms with Crippen LogP contribution < -0.4 is 4.74 Å². The van der Waals surface area contributed by atoms with E-state index in [4.69, 9.17) is 9.84 Å². The highest BCUT2D eigenvalue weighted by molar-refractivity contribution is 5.66. The predicted molar refractivity (Wildman–Crippen MR) is 118 cm³/mol. The van der Waals surface area contributed by atoms with Crippen molar-refractivity contribution in [2.75, 3.05) is 6.61 Å². The second-order valence-corrected chi connectivity index (χ2v) is 7.98. The van der Waals surface area contributed by atoms with Gasteiger partial charge in [-0.3, -0.25) is 4.79 Å². The zero-order valence-electron chi connectivity index (χ0n) is 18.1. The molecule has 0 spiro atoms. The number of carboxylic acid groups (broad SMARTS) is 1. The fourth-order valence-electron chi connectivity index (χ4n) is 3.49. The number of hydrogen-bond donors (Lipinski definition) is 1. The second-order valence-electron chi connectivity index (χ2n) is 7.98. The summed E-state index contributed by atoms with van der Waals surface area (Å²) >= 11 is 0. The van der Waals surface area contributed by atoms with Crippen molar-refractivity contribution in [1.82, 2.24) is 0 Å². The lowest BCUT2D eigenvalue weighted by Crippen LogP contribution is -1.98. The van der Waals surface area contributed by atoms with E-state index >= 15 is 0 Å². The van der Waals surface area contributed by atoms with Gasteiger partial charge in [0.25, 0.3) is 0 Å². The van der Waals surface area contributed by atoms with Crippen molar-refractivity contribution in [3.63, 3.8) is 0 Å². The average molecular weight is 391 g/mol. The first-order valence-electron chi connectivity index (χ1n) is 11.7. The number of rotatable bonds is 19. The highest BCUT2D eigenvalue weighted by Gasteiger charge is 1.99. The van der Waals surface area contributed by atoms with Crippen LogP contribution >= 0.6 is 0 Å². The highest BCUT2D eigenvalue weighted by Crippen LogP contribution is 2.16. The molecule has 0 aromatic heterocycles. The standard InChI is InChI=1S/C25H42O3/c1-2-3-4-5-6-7-8-9-10-11-12-15-22-28-24-20-18-23(19-21-24)16-13-14-17-25(26)27/h18-21H,2-17,22H2,1H3,(H,26,27). The maximum Gasteiger partial charge on any atom is 0.303 e. The van der Waals surface area contributed by atoms with Gasteiger partial charge in [-0.15, -0.1) is 0 Å². The number of unbranched alkanes of at least 4 members (excludes halogenated alkanes) is 12. The SMILES string of the molecule is CCCCCCCCCCCCCCOc1ccc(CCCCC(=O)O)cc1. The Morgan fingerprint density at radius 2 is 1.29 bits per heavy atom. The summed E-state index contributed by atoms with van der Waals surface area (Å²) in [6.45, 7) is 3.08. The normalized spacial score (nSPS) is 10.9. The molecule has 0 saturated carbocycles. The Morgan fingerprint density at radius 1 is 0.750 bits per heavy atom. The van der Waals surface area contributed by atoms with Crippen LogP contribution in [0.4, 0.5) is 0 Å². The van der Waals surface area contributed by atoms with Crippen molar-refractivity contribution in [2.24, 2.45) is 0 Å². The lowest BCUT2D eigenvalue weighted by Gasteiger charge is -2.07. The van der Waals surface area contributed by atoms with Gasteiger partial charge in [0.15, 0.2) is 0 Å². The van der Waals surface area contributed by atoms with Gasteiger partial charge in [-0.05, 0) is 43.4 Å². The van der Waals surface area contributed by atoms with E-state index in [-0.39, 0.29) is 6.42 Å². The molecule has 3 heteroatoms. The van der Waals surface area contributed by atoms with Crippen LogP contribution in [0.25, 0.3) is 0 Å². The molecule has 0 bridgehead atoms. The zero-order valence-corrected chi connectivity index (χ0v) is 18.1. The van der Waals surface area contributed by atoms with E-state index in [1.54, 1.807) is 0 Å². The van der Waals surface area contributed by atoms with Gasteiger partial charge in [0, 0.05) is 6.42 Å². The van der Waals surface area contributed by atoms with Gasteiger partial charge in [0.2, 0.25) is 0 Å². The van der Waals surface area contributed by atoms with Gasteiger partial charge < -0.3 is 9.84 Å². The fourth-order valence-corrected chi connectivity index (χ4v) is 3.49. The van der Waals surface area contributed by atoms with Crippen LogP contribution in [0, 0.1) is 0 Å². The average Bonchev–Trinajstić information content (AvgIpc) is 2.69. The van der Waals surface area contributed by atoms with Gasteiger partial charge in [0.05, 0.1) is 6.61 Å². The maximum atomic E-state index is 10.5. The molecule has 0 amide bonds. The summed E-state index contributed by atoms with van der Waals surface area (Å²) in [4.78, 5) is 10.5. The van der Waals surface area contributed by atoms with E-state index in [2.05, 4.69) is 19.1 Å². The summed E-state index contributed by atoms with van der Waals surface area (Å²) in [6, 6.07) is 8.26. The minimum atomic E-state index is -0.707. The Balaban J connectivity index is 1.91. The summed E-state index contributed by atoms with van der Waals surface area (Å²) in [5, 5.41) is 8.65. The molecule has 0 fully saturated rings. The Labute approximate surface area is 172 Å². The minimum Gasteiger partial charge on any atom is -0.494 e. The molecule has 1 rings (SSSR count). The molecule has 0 radical (unpaired) electrons. The lowest BCUT2D eigenvalue weighted by molar-refractivity contribution is -0.137. The molecule has 3 nitrogen and oxygen atoms in total. The quantitative estimate of drug-likeness (QED) is 0.248. The third-order valence-electron chi connectivity index (χ3n) is 5.30. The summed E-state index contributed by atoms with van der Waals surface area (Å²) in [7, 11) is 0. The lowest BCUT2D eigenvalue weighted by atomic mass is 10.1. The third kappa shape index (κ3) is 14.5. The van der Waals surface area contributed by atoms with E-state index in [1.807, 2.05) is 12.1 Å². The van der Waals surface area contributed by atoms with Gasteiger partial charge in [0.1, 0.15) is 5.75 Å². The first kappa shape index (κ1) is 24.5. The van der Waals surface area contributed by atoms with Crippen molar-refractivity contribution in [2.45, 2.75) is 110 Å². The van der Waals surface area contributed by atoms with Gasteiger partial charge >= 0.3 is 5.97 Å². The van der Waals surface area contributed by atoms with Gasteiger partial charge in [-0.25, -0.2) is 0 Å². The Morgan fingerprint density at radius 3 is 1.82 bits per heavy atom. The first-order valence-corrected chi connectivity index (χ1v) is 11.7. The van der Waals surface area contributed by atoms with Crippen LogP contribution in [0.3, 0.4) is 0 Å². The minimum absolute atomic E-state index is 0.264. The summed E-state index contributed by atoms with van der Waals surface area (Å²) in [5.74, 6) is 0.235. The number of ether oxygens (including phenoxy) is 1. The van der Waals surface area contributed by atoms with E-state index < -0.39 is 5.97 Å². The van der Waals surface area contributed by atoms with E-state index in [0.29, 0.717) is 0 Å². The van der Waals surface area contributed by atoms with Gasteiger partial charge in [-0.2, -0.15) is 0 Å². The number of aryl methyl sites for hydroxylation is 1. The molecule has 0 saturated heterocycles. The molecule has 0 unspecified atom stereocenters. The number of benzene rings is 1. The maximum absolute atomic E-state index is 10.5. The molecule has 0 aliphatic rings. The molecule has 28 heavy (non-hydrogen) atoms. The number of aliphatic carboxylic acids is 1. The molecule has 0 heterocycles. The Kier molecular flexibility index (Phi) is 15.4. The predicted octanol–water partition coefficient (Wildman–Crippen LogP) is 7.56. The van der Waals surface area contributed by atoms with Crippen molar-refractivity contribution < 1.29 is 14.6 Å². The molecular weight excluding hydrogens is 348 g/mol. The fraction of sp³-hybridized carbons (Fsp3) is 0.720. The van der Waals surface area contributed by atoms with Crippen LogP contribution in [0.5, 0.6) is 5.75 Å².